The van der Waals surface area contributed by atoms with E-state index in [1.54, 1.807) is 0 Å². The van der Waals surface area contributed by atoms with E-state index in [0.29, 0.717) is 5.92 Å². The first-order valence-corrected chi connectivity index (χ1v) is 7.19. The van der Waals surface area contributed by atoms with Crippen molar-refractivity contribution in [2.24, 2.45) is 5.92 Å². The average molecular weight is 225 g/mol. The third kappa shape index (κ3) is 3.21. The fourth-order valence-corrected chi connectivity index (χ4v) is 2.88. The van der Waals surface area contributed by atoms with Crippen molar-refractivity contribution in [2.45, 2.75) is 63.9 Å². The van der Waals surface area contributed by atoms with Gasteiger partial charge in [0.15, 0.2) is 0 Å². The van der Waals surface area contributed by atoms with Crippen LogP contribution >= 0.6 is 0 Å². The van der Waals surface area contributed by atoms with Crippen molar-refractivity contribution in [1.29, 1.82) is 0 Å². The Kier molecular flexibility index (Phi) is 4.26. The van der Waals surface area contributed by atoms with Gasteiger partial charge in [-0.3, -0.25) is 4.90 Å². The zero-order valence-corrected chi connectivity index (χ0v) is 10.7. The Morgan fingerprint density at radius 3 is 2.31 bits per heavy atom. The lowest BCUT2D eigenvalue weighted by Crippen LogP contribution is -2.63. The first-order chi connectivity index (χ1) is 7.74. The van der Waals surface area contributed by atoms with Crippen molar-refractivity contribution < 1.29 is 5.11 Å². The van der Waals surface area contributed by atoms with E-state index in [0.717, 1.165) is 13.1 Å². The largest absolute Gasteiger partial charge is 0.387 e. The van der Waals surface area contributed by atoms with Crippen LogP contribution in [0, 0.1) is 5.92 Å². The van der Waals surface area contributed by atoms with Crippen LogP contribution in [0.4, 0.5) is 0 Å². The highest BCUT2D eigenvalue weighted by Crippen LogP contribution is 2.44. The quantitative estimate of drug-likeness (QED) is 0.642. The van der Waals surface area contributed by atoms with Crippen LogP contribution in [0.15, 0.2) is 0 Å². The number of hydrogen-bond acceptors (Lipinski definition) is 2. The summed E-state index contributed by atoms with van der Waals surface area (Å²) in [4.78, 5) is 2.43. The van der Waals surface area contributed by atoms with Crippen molar-refractivity contribution in [3.8, 4) is 0 Å². The van der Waals surface area contributed by atoms with E-state index in [1.807, 2.05) is 0 Å². The summed E-state index contributed by atoms with van der Waals surface area (Å²) in [6, 6.07) is 0. The van der Waals surface area contributed by atoms with Crippen LogP contribution < -0.4 is 0 Å². The number of aliphatic hydroxyl groups is 1. The maximum atomic E-state index is 10.2. The normalized spacial score (nSPS) is 24.4. The van der Waals surface area contributed by atoms with Gasteiger partial charge >= 0.3 is 0 Å². The summed E-state index contributed by atoms with van der Waals surface area (Å²) in [5.74, 6) is 0.647. The van der Waals surface area contributed by atoms with Crippen LogP contribution in [-0.4, -0.2) is 35.2 Å². The molecule has 0 radical (unpaired) electrons. The predicted molar refractivity (Wildman–Crippen MR) is 67.5 cm³/mol. The van der Waals surface area contributed by atoms with Crippen molar-refractivity contribution in [3.05, 3.63) is 0 Å². The van der Waals surface area contributed by atoms with E-state index in [9.17, 15) is 5.11 Å². The van der Waals surface area contributed by atoms with Crippen LogP contribution in [0.5, 0.6) is 0 Å². The van der Waals surface area contributed by atoms with Crippen LogP contribution in [0.3, 0.4) is 0 Å². The molecule has 0 aromatic heterocycles. The van der Waals surface area contributed by atoms with Crippen LogP contribution in [-0.2, 0) is 0 Å². The predicted octanol–water partition coefficient (Wildman–Crippen LogP) is 2.80. The van der Waals surface area contributed by atoms with Crippen LogP contribution in [0.1, 0.15) is 58.3 Å². The molecular formula is C14H27NO. The Balaban J connectivity index is 1.44. The second-order valence-electron chi connectivity index (χ2n) is 5.86. The molecule has 0 aromatic rings. The van der Waals surface area contributed by atoms with Gasteiger partial charge in [-0.15, -0.1) is 0 Å². The Bertz CT molecular complexity index is 207. The molecule has 0 bridgehead atoms. The highest BCUT2D eigenvalue weighted by Gasteiger charge is 2.51. The van der Waals surface area contributed by atoms with Gasteiger partial charge in [0.2, 0.25) is 0 Å². The first kappa shape index (κ1) is 12.4. The second kappa shape index (κ2) is 5.50. The molecule has 2 heteroatoms. The maximum Gasteiger partial charge on any atom is 0.0928 e. The van der Waals surface area contributed by atoms with Gasteiger partial charge in [-0.1, -0.05) is 39.0 Å². The molecule has 2 fully saturated rings. The summed E-state index contributed by atoms with van der Waals surface area (Å²) in [6.45, 7) is 5.37. The molecule has 2 aliphatic rings. The van der Waals surface area contributed by atoms with E-state index in [-0.39, 0.29) is 5.60 Å². The monoisotopic (exact) mass is 225 g/mol. The zero-order chi connectivity index (χ0) is 11.4. The van der Waals surface area contributed by atoms with Crippen molar-refractivity contribution in [3.63, 3.8) is 0 Å². The van der Waals surface area contributed by atoms with Gasteiger partial charge in [0, 0.05) is 13.1 Å². The lowest BCUT2D eigenvalue weighted by atomic mass is 9.88. The Hall–Kier alpha value is -0.0800. The molecule has 16 heavy (non-hydrogen) atoms. The second-order valence-corrected chi connectivity index (χ2v) is 5.86. The molecule has 94 valence electrons. The lowest BCUT2D eigenvalue weighted by molar-refractivity contribution is -0.113. The Labute approximate surface area is 100 Å². The van der Waals surface area contributed by atoms with Gasteiger partial charge < -0.3 is 5.11 Å². The summed E-state index contributed by atoms with van der Waals surface area (Å²) in [5.41, 5.74) is -0.276. The molecule has 1 heterocycles. The minimum absolute atomic E-state index is 0.276. The SMILES string of the molecule is CCCCCCCCN1CC(O)(C2CC2)C1. The van der Waals surface area contributed by atoms with Crippen LogP contribution in [0.25, 0.3) is 0 Å². The summed E-state index contributed by atoms with van der Waals surface area (Å²) >= 11 is 0. The molecule has 0 spiro atoms. The van der Waals surface area contributed by atoms with Gasteiger partial charge in [-0.05, 0) is 31.7 Å². The number of likely N-dealkylation sites (tertiary alicyclic amines) is 1. The summed E-state index contributed by atoms with van der Waals surface area (Å²) in [7, 11) is 0. The molecule has 1 N–H and O–H groups in total. The fourth-order valence-electron chi connectivity index (χ4n) is 2.88. The van der Waals surface area contributed by atoms with Gasteiger partial charge in [0.1, 0.15) is 0 Å². The van der Waals surface area contributed by atoms with Gasteiger partial charge in [-0.25, -0.2) is 0 Å². The van der Waals surface area contributed by atoms with E-state index in [1.165, 1.54) is 57.9 Å². The minimum Gasteiger partial charge on any atom is -0.387 e. The topological polar surface area (TPSA) is 23.5 Å². The fraction of sp³-hybridized carbons (Fsp3) is 1.00. The van der Waals surface area contributed by atoms with Crippen molar-refractivity contribution in [2.75, 3.05) is 19.6 Å². The number of nitrogens with zero attached hydrogens (tertiary/aromatic N) is 1. The molecule has 0 atom stereocenters. The molecule has 1 saturated carbocycles. The standard InChI is InChI=1S/C14H27NO/c1-2-3-4-5-6-7-10-15-11-14(16,12-15)13-8-9-13/h13,16H,2-12H2,1H3. The summed E-state index contributed by atoms with van der Waals surface area (Å²) in [6.07, 6.45) is 10.8. The molecule has 0 aromatic carbocycles. The maximum absolute atomic E-state index is 10.2. The molecule has 1 aliphatic carbocycles. The first-order valence-electron chi connectivity index (χ1n) is 7.19. The van der Waals surface area contributed by atoms with Gasteiger partial charge in [0.05, 0.1) is 5.60 Å². The van der Waals surface area contributed by atoms with E-state index in [2.05, 4.69) is 11.8 Å². The lowest BCUT2D eigenvalue weighted by Gasteiger charge is -2.47. The number of rotatable bonds is 8. The van der Waals surface area contributed by atoms with Crippen molar-refractivity contribution >= 4 is 0 Å². The van der Waals surface area contributed by atoms with Crippen LogP contribution in [0.2, 0.25) is 0 Å². The van der Waals surface area contributed by atoms with E-state index < -0.39 is 0 Å². The molecule has 0 unspecified atom stereocenters. The third-order valence-corrected chi connectivity index (χ3v) is 4.16. The molecular weight excluding hydrogens is 198 g/mol. The van der Waals surface area contributed by atoms with E-state index >= 15 is 0 Å². The number of β-amino-alcohol motifs (C(OH)–C–C–N with tert-alkyl or cyclic N) is 1. The van der Waals surface area contributed by atoms with Crippen molar-refractivity contribution in [1.82, 2.24) is 4.90 Å². The highest BCUT2D eigenvalue weighted by atomic mass is 16.3. The number of hydrogen-bond donors (Lipinski definition) is 1. The third-order valence-electron chi connectivity index (χ3n) is 4.16. The van der Waals surface area contributed by atoms with Gasteiger partial charge in [0.25, 0.3) is 0 Å². The molecule has 2 rings (SSSR count). The molecule has 0 amide bonds. The smallest absolute Gasteiger partial charge is 0.0928 e. The van der Waals surface area contributed by atoms with Gasteiger partial charge in [-0.2, -0.15) is 0 Å². The Morgan fingerprint density at radius 1 is 1.06 bits per heavy atom. The molecule has 1 saturated heterocycles. The number of unbranched alkanes of at least 4 members (excludes halogenated alkanes) is 5. The molecule has 2 nitrogen and oxygen atoms in total. The zero-order valence-electron chi connectivity index (χ0n) is 10.7. The minimum atomic E-state index is -0.276. The summed E-state index contributed by atoms with van der Waals surface area (Å²) < 4.78 is 0. The van der Waals surface area contributed by atoms with E-state index in [4.69, 9.17) is 0 Å². The molecule has 1 aliphatic heterocycles. The Morgan fingerprint density at radius 2 is 1.69 bits per heavy atom. The average Bonchev–Trinajstić information content (AvgIpc) is 3.03. The highest BCUT2D eigenvalue weighted by molar-refractivity contribution is 5.05. The summed E-state index contributed by atoms with van der Waals surface area (Å²) in [5, 5.41) is 10.2.